The van der Waals surface area contributed by atoms with Gasteiger partial charge in [-0.05, 0) is 54.5 Å². The molecule has 1 amide bonds. The zero-order valence-corrected chi connectivity index (χ0v) is 15.7. The van der Waals surface area contributed by atoms with Crippen molar-refractivity contribution in [1.82, 2.24) is 0 Å². The largest absolute Gasteiger partial charge is 0.416 e. The summed E-state index contributed by atoms with van der Waals surface area (Å²) < 4.78 is 38.8. The van der Waals surface area contributed by atoms with Crippen LogP contribution in [0.25, 0.3) is 0 Å². The molecule has 0 fully saturated rings. The Labute approximate surface area is 153 Å². The number of benzene rings is 2. The van der Waals surface area contributed by atoms with E-state index < -0.39 is 11.7 Å². The summed E-state index contributed by atoms with van der Waals surface area (Å²) >= 11 is 2.82. The quantitative estimate of drug-likeness (QED) is 0.605. The van der Waals surface area contributed by atoms with E-state index in [4.69, 9.17) is 0 Å². The van der Waals surface area contributed by atoms with Crippen LogP contribution in [0.15, 0.2) is 52.3 Å². The van der Waals surface area contributed by atoms with Gasteiger partial charge in [-0.1, -0.05) is 6.92 Å². The average molecular weight is 385 g/mol. The zero-order valence-electron chi connectivity index (χ0n) is 14.1. The molecule has 0 aliphatic rings. The standard InChI is InChI=1S/C18H18F3NOS2/c1-4-25-16-11-12(18(19,20)21)5-10-15(16)17(23)22(2)13-6-8-14(24-3)9-7-13/h5-11H,4H2,1-3H3. The second-order valence-corrected chi connectivity index (χ2v) is 7.39. The molecule has 2 aromatic rings. The third kappa shape index (κ3) is 4.73. The lowest BCUT2D eigenvalue weighted by Gasteiger charge is -2.20. The van der Waals surface area contributed by atoms with Crippen LogP contribution in [0.4, 0.5) is 18.9 Å². The first kappa shape index (κ1) is 19.7. The predicted octanol–water partition coefficient (Wildman–Crippen LogP) is 5.82. The Morgan fingerprint density at radius 3 is 2.28 bits per heavy atom. The smallest absolute Gasteiger partial charge is 0.311 e. The minimum absolute atomic E-state index is 0.274. The third-order valence-corrected chi connectivity index (χ3v) is 5.28. The maximum absolute atomic E-state index is 12.9. The van der Waals surface area contributed by atoms with Crippen molar-refractivity contribution in [3.8, 4) is 0 Å². The van der Waals surface area contributed by atoms with Crippen molar-refractivity contribution < 1.29 is 18.0 Å². The molecule has 7 heteroatoms. The molecule has 0 aliphatic heterocycles. The van der Waals surface area contributed by atoms with E-state index in [-0.39, 0.29) is 11.5 Å². The molecule has 0 radical (unpaired) electrons. The number of rotatable bonds is 5. The van der Waals surface area contributed by atoms with Crippen LogP contribution in [-0.4, -0.2) is 25.0 Å². The Bertz CT molecular complexity index is 745. The highest BCUT2D eigenvalue weighted by Gasteiger charge is 2.31. The van der Waals surface area contributed by atoms with E-state index in [9.17, 15) is 18.0 Å². The van der Waals surface area contributed by atoms with Gasteiger partial charge in [0.15, 0.2) is 0 Å². The first-order chi connectivity index (χ1) is 11.8. The molecule has 2 aromatic carbocycles. The second kappa shape index (κ2) is 8.19. The lowest BCUT2D eigenvalue weighted by atomic mass is 10.1. The minimum Gasteiger partial charge on any atom is -0.311 e. The van der Waals surface area contributed by atoms with E-state index in [1.165, 1.54) is 22.7 Å². The van der Waals surface area contributed by atoms with Gasteiger partial charge in [0.05, 0.1) is 11.1 Å². The summed E-state index contributed by atoms with van der Waals surface area (Å²) in [6, 6.07) is 10.7. The van der Waals surface area contributed by atoms with Gasteiger partial charge in [-0.25, -0.2) is 0 Å². The molecule has 0 heterocycles. The van der Waals surface area contributed by atoms with Crippen LogP contribution in [0.2, 0.25) is 0 Å². The van der Waals surface area contributed by atoms with Gasteiger partial charge in [-0.15, -0.1) is 23.5 Å². The van der Waals surface area contributed by atoms with Crippen molar-refractivity contribution in [2.75, 3.05) is 24.0 Å². The minimum atomic E-state index is -4.43. The molecule has 0 N–H and O–H groups in total. The molecule has 0 aromatic heterocycles. The molecule has 0 saturated heterocycles. The molecular formula is C18H18F3NOS2. The number of carbonyl (C=O) groups excluding carboxylic acids is 1. The fourth-order valence-electron chi connectivity index (χ4n) is 2.25. The van der Waals surface area contributed by atoms with Gasteiger partial charge in [-0.2, -0.15) is 13.2 Å². The van der Waals surface area contributed by atoms with Crippen LogP contribution in [0, 0.1) is 0 Å². The molecule has 0 aliphatic carbocycles. The van der Waals surface area contributed by atoms with Crippen LogP contribution in [0.5, 0.6) is 0 Å². The Hall–Kier alpha value is -1.60. The van der Waals surface area contributed by atoms with Gasteiger partial charge in [-0.3, -0.25) is 4.79 Å². The fourth-order valence-corrected chi connectivity index (χ4v) is 3.49. The highest BCUT2D eigenvalue weighted by Crippen LogP contribution is 2.34. The number of alkyl halides is 3. The number of amides is 1. The lowest BCUT2D eigenvalue weighted by Crippen LogP contribution is -2.27. The van der Waals surface area contributed by atoms with Crippen molar-refractivity contribution in [2.45, 2.75) is 22.9 Å². The number of halogens is 3. The van der Waals surface area contributed by atoms with E-state index in [1.807, 2.05) is 37.4 Å². The SMILES string of the molecule is CCSc1cc(C(F)(F)F)ccc1C(=O)N(C)c1ccc(SC)cc1. The van der Waals surface area contributed by atoms with Crippen molar-refractivity contribution in [3.63, 3.8) is 0 Å². The fraction of sp³-hybridized carbons (Fsp3) is 0.278. The Kier molecular flexibility index (Phi) is 6.46. The molecule has 0 bridgehead atoms. The van der Waals surface area contributed by atoms with Gasteiger partial charge < -0.3 is 4.90 Å². The van der Waals surface area contributed by atoms with Crippen LogP contribution in [0.3, 0.4) is 0 Å². The number of anilines is 1. The Balaban J connectivity index is 2.36. The van der Waals surface area contributed by atoms with Gasteiger partial charge >= 0.3 is 6.18 Å². The van der Waals surface area contributed by atoms with E-state index in [0.29, 0.717) is 16.3 Å². The highest BCUT2D eigenvalue weighted by molar-refractivity contribution is 7.99. The topological polar surface area (TPSA) is 20.3 Å². The van der Waals surface area contributed by atoms with Crippen LogP contribution in [0.1, 0.15) is 22.8 Å². The van der Waals surface area contributed by atoms with Crippen molar-refractivity contribution in [3.05, 3.63) is 53.6 Å². The maximum Gasteiger partial charge on any atom is 0.416 e. The van der Waals surface area contributed by atoms with Crippen LogP contribution >= 0.6 is 23.5 Å². The second-order valence-electron chi connectivity index (χ2n) is 5.20. The monoisotopic (exact) mass is 385 g/mol. The van der Waals surface area contributed by atoms with Gasteiger partial charge in [0, 0.05) is 22.5 Å². The third-order valence-electron chi connectivity index (χ3n) is 3.60. The summed E-state index contributed by atoms with van der Waals surface area (Å²) in [4.78, 5) is 15.6. The summed E-state index contributed by atoms with van der Waals surface area (Å²) in [7, 11) is 1.62. The Morgan fingerprint density at radius 2 is 1.76 bits per heavy atom. The van der Waals surface area contributed by atoms with Crippen molar-refractivity contribution >= 4 is 35.1 Å². The van der Waals surface area contributed by atoms with E-state index >= 15 is 0 Å². The molecule has 25 heavy (non-hydrogen) atoms. The maximum atomic E-state index is 12.9. The zero-order chi connectivity index (χ0) is 18.6. The molecule has 2 rings (SSSR count). The number of carbonyl (C=O) groups is 1. The molecule has 0 spiro atoms. The molecule has 0 saturated carbocycles. The van der Waals surface area contributed by atoms with E-state index in [1.54, 1.807) is 18.8 Å². The highest BCUT2D eigenvalue weighted by atomic mass is 32.2. The first-order valence-electron chi connectivity index (χ1n) is 7.54. The molecule has 134 valence electrons. The van der Waals surface area contributed by atoms with E-state index in [2.05, 4.69) is 0 Å². The lowest BCUT2D eigenvalue weighted by molar-refractivity contribution is -0.137. The van der Waals surface area contributed by atoms with Gasteiger partial charge in [0.1, 0.15) is 0 Å². The van der Waals surface area contributed by atoms with Gasteiger partial charge in [0.2, 0.25) is 0 Å². The summed E-state index contributed by atoms with van der Waals surface area (Å²) in [6.45, 7) is 1.84. The Morgan fingerprint density at radius 1 is 1.12 bits per heavy atom. The summed E-state index contributed by atoms with van der Waals surface area (Å²) in [5.74, 6) is 0.245. The molecule has 0 atom stereocenters. The van der Waals surface area contributed by atoms with Crippen LogP contribution in [-0.2, 0) is 6.18 Å². The molecular weight excluding hydrogens is 367 g/mol. The number of hydrogen-bond donors (Lipinski definition) is 0. The van der Waals surface area contributed by atoms with Crippen LogP contribution < -0.4 is 4.90 Å². The summed E-state index contributed by atoms with van der Waals surface area (Å²) in [5, 5.41) is 0. The summed E-state index contributed by atoms with van der Waals surface area (Å²) in [5.41, 5.74) is 0.221. The summed E-state index contributed by atoms with van der Waals surface area (Å²) in [6.07, 6.45) is -2.47. The number of nitrogens with zero attached hydrogens (tertiary/aromatic N) is 1. The predicted molar refractivity (Wildman–Crippen MR) is 98.8 cm³/mol. The number of hydrogen-bond acceptors (Lipinski definition) is 3. The normalized spacial score (nSPS) is 11.4. The van der Waals surface area contributed by atoms with E-state index in [0.717, 1.165) is 17.0 Å². The average Bonchev–Trinajstić information content (AvgIpc) is 2.60. The molecule has 0 unspecified atom stereocenters. The van der Waals surface area contributed by atoms with Gasteiger partial charge in [0.25, 0.3) is 5.91 Å². The number of thioether (sulfide) groups is 2. The first-order valence-corrected chi connectivity index (χ1v) is 9.75. The van der Waals surface area contributed by atoms with Crippen molar-refractivity contribution in [1.29, 1.82) is 0 Å². The molecule has 2 nitrogen and oxygen atoms in total. The van der Waals surface area contributed by atoms with Crippen molar-refractivity contribution in [2.24, 2.45) is 0 Å².